The molecule has 27 heavy (non-hydrogen) atoms. The monoisotopic (exact) mass is 602 g/mol. The molecular weight excluding hydrogens is 550 g/mol. The van der Waals surface area contributed by atoms with Crippen molar-refractivity contribution in [3.8, 4) is 0 Å². The van der Waals surface area contributed by atoms with E-state index in [4.69, 9.17) is 7.56 Å². The first-order valence-corrected chi connectivity index (χ1v) is 26.3. The van der Waals surface area contributed by atoms with E-state index in [-0.39, 0.29) is 0 Å². The Morgan fingerprint density at radius 2 is 0.852 bits per heavy atom. The van der Waals surface area contributed by atoms with Crippen LogP contribution in [0.25, 0.3) is 0 Å². The van der Waals surface area contributed by atoms with Crippen molar-refractivity contribution >= 4 is 38.4 Å². The molecule has 0 aliphatic heterocycles. The molecule has 0 aromatic heterocycles. The number of hydrogen-bond donors (Lipinski definition) is 0. The van der Waals surface area contributed by atoms with Gasteiger partial charge in [-0.2, -0.15) is 0 Å². The van der Waals surface area contributed by atoms with E-state index in [0.29, 0.717) is 0 Å². The van der Waals surface area contributed by atoms with Gasteiger partial charge in [0.05, 0.1) is 0 Å². The van der Waals surface area contributed by atoms with E-state index in [1.54, 1.807) is 0 Å². The summed E-state index contributed by atoms with van der Waals surface area (Å²) in [6.45, 7) is 10.9. The molecule has 0 spiro atoms. The van der Waals surface area contributed by atoms with Crippen molar-refractivity contribution < 1.29 is 7.56 Å². The van der Waals surface area contributed by atoms with Crippen molar-refractivity contribution in [2.24, 2.45) is 0 Å². The van der Waals surface area contributed by atoms with Crippen LogP contribution in [0.2, 0.25) is 18.8 Å². The van der Waals surface area contributed by atoms with Gasteiger partial charge in [0.1, 0.15) is 0 Å². The summed E-state index contributed by atoms with van der Waals surface area (Å²) in [7, 11) is 0. The van der Waals surface area contributed by atoms with Crippen molar-refractivity contribution in [3.05, 3.63) is 0 Å². The van der Waals surface area contributed by atoms with Gasteiger partial charge in [0.2, 0.25) is 0 Å². The third kappa shape index (κ3) is 15.9. The number of hydrogen-bond acceptors (Lipinski definition) is 3. The molecule has 0 aliphatic carbocycles. The summed E-state index contributed by atoms with van der Waals surface area (Å²) >= 11 is -5.96. The second-order valence-electron chi connectivity index (χ2n) is 8.40. The fourth-order valence-electron chi connectivity index (χ4n) is 3.39. The van der Waals surface area contributed by atoms with Gasteiger partial charge >= 0.3 is 183 Å². The van der Waals surface area contributed by atoms with Gasteiger partial charge in [0, 0.05) is 0 Å². The van der Waals surface area contributed by atoms with Gasteiger partial charge in [-0.05, 0) is 0 Å². The molecule has 0 amide bonds. The first-order valence-electron chi connectivity index (χ1n) is 11.9. The van der Waals surface area contributed by atoms with Gasteiger partial charge in [-0.1, -0.05) is 0 Å². The normalized spacial score (nSPS) is 16.2. The summed E-state index contributed by atoms with van der Waals surface area (Å²) in [4.78, 5) is 4.76. The third-order valence-corrected chi connectivity index (χ3v) is 36.1. The van der Waals surface area contributed by atoms with Crippen LogP contribution < -0.4 is 0 Å². The van der Waals surface area contributed by atoms with Crippen LogP contribution in [-0.2, 0) is 7.56 Å². The molecule has 0 aromatic carbocycles. The fourth-order valence-corrected chi connectivity index (χ4v) is 40.4. The van der Waals surface area contributed by atoms with Crippen molar-refractivity contribution in [2.45, 2.75) is 123 Å². The fraction of sp³-hybridized carbons (Fsp3) is 1.00. The maximum atomic E-state index is 7.02. The molecule has 0 N–H and O–H groups in total. The topological polar surface area (TPSA) is 27.7 Å². The Kier molecular flexibility index (Phi) is 19.3. The van der Waals surface area contributed by atoms with E-state index in [2.05, 4.69) is 37.6 Å². The Labute approximate surface area is 181 Å². The first-order chi connectivity index (χ1) is 12.9. The predicted octanol–water partition coefficient (Wildman–Crippen LogP) is 7.94. The van der Waals surface area contributed by atoms with Gasteiger partial charge in [0.25, 0.3) is 0 Å². The van der Waals surface area contributed by atoms with Gasteiger partial charge in [-0.25, -0.2) is 0 Å². The Hall–Kier alpha value is 1.48. The average molecular weight is 600 g/mol. The van der Waals surface area contributed by atoms with Gasteiger partial charge in [-0.3, -0.25) is 0 Å². The molecular formula is C22H50O3Sn2. The molecule has 0 heterocycles. The summed E-state index contributed by atoms with van der Waals surface area (Å²) in [5.74, 6) is 0. The van der Waals surface area contributed by atoms with E-state index in [0.717, 1.165) is 13.2 Å². The molecule has 2 unspecified atom stereocenters. The summed E-state index contributed by atoms with van der Waals surface area (Å²) in [5.41, 5.74) is 0. The molecule has 0 aliphatic rings. The maximum absolute atomic E-state index is 7.02. The third-order valence-electron chi connectivity index (χ3n) is 5.21. The zero-order valence-corrected chi connectivity index (χ0v) is 25.2. The van der Waals surface area contributed by atoms with Crippen molar-refractivity contribution in [1.29, 1.82) is 0 Å². The molecule has 0 saturated carbocycles. The number of unbranched alkanes of at least 4 members (excludes halogenated alkanes) is 8. The molecule has 5 heteroatoms. The Balaban J connectivity index is 4.76. The summed E-state index contributed by atoms with van der Waals surface area (Å²) in [6, 6.07) is 0. The van der Waals surface area contributed by atoms with E-state index < -0.39 is 38.4 Å². The van der Waals surface area contributed by atoms with Gasteiger partial charge < -0.3 is 0 Å². The minimum absolute atomic E-state index is 0.905. The summed E-state index contributed by atoms with van der Waals surface area (Å²) in [5, 5.41) is 0. The SMILES string of the molecule is CCCCCC[O][Sn]([CH3])([CH2]CCC)[O][Sn]([CH3])([CH2]CCC)[O]CCCCCC. The van der Waals surface area contributed by atoms with Crippen LogP contribution in [0.1, 0.15) is 105 Å². The van der Waals surface area contributed by atoms with Crippen molar-refractivity contribution in [1.82, 2.24) is 0 Å². The first kappa shape index (κ1) is 28.5. The zero-order valence-electron chi connectivity index (χ0n) is 19.5. The molecule has 2 atom stereocenters. The zero-order chi connectivity index (χ0) is 20.4. The second-order valence-corrected chi connectivity index (χ2v) is 30.3. The van der Waals surface area contributed by atoms with Crippen LogP contribution in [0.3, 0.4) is 0 Å². The van der Waals surface area contributed by atoms with Crippen LogP contribution in [0, 0.1) is 0 Å². The molecule has 164 valence electrons. The Morgan fingerprint density at radius 3 is 1.19 bits per heavy atom. The Morgan fingerprint density at radius 1 is 0.481 bits per heavy atom. The standard InChI is InChI=1S/2C6H13O.2C4H9.2CH3.O.2Sn/c2*1-2-3-4-5-6-7;2*1-3-4-2;;;;;/h2*2-6H2,1H3;2*1,3-4H2,2H3;2*1H3;;;/q2*-1;;;;;;2*+1. The number of rotatable bonds is 20. The van der Waals surface area contributed by atoms with Crippen LogP contribution in [-0.4, -0.2) is 51.6 Å². The van der Waals surface area contributed by atoms with Crippen LogP contribution in [0.5, 0.6) is 0 Å². The van der Waals surface area contributed by atoms with Crippen LogP contribution in [0.4, 0.5) is 0 Å². The second kappa shape index (κ2) is 18.3. The predicted molar refractivity (Wildman–Crippen MR) is 124 cm³/mol. The minimum atomic E-state index is -2.98. The molecule has 0 fully saturated rings. The van der Waals surface area contributed by atoms with E-state index in [9.17, 15) is 0 Å². The van der Waals surface area contributed by atoms with E-state index in [1.165, 1.54) is 85.9 Å². The van der Waals surface area contributed by atoms with Crippen molar-refractivity contribution in [3.63, 3.8) is 0 Å². The van der Waals surface area contributed by atoms with Crippen LogP contribution in [0.15, 0.2) is 0 Å². The Bertz CT molecular complexity index is 301. The molecule has 3 nitrogen and oxygen atoms in total. The molecule has 0 rings (SSSR count). The van der Waals surface area contributed by atoms with E-state index >= 15 is 0 Å². The summed E-state index contributed by atoms with van der Waals surface area (Å²) in [6.07, 6.45) is 15.1. The van der Waals surface area contributed by atoms with E-state index in [1.807, 2.05) is 0 Å². The molecule has 0 saturated heterocycles. The van der Waals surface area contributed by atoms with Crippen LogP contribution >= 0.6 is 0 Å². The molecule has 0 radical (unpaired) electrons. The van der Waals surface area contributed by atoms with Crippen molar-refractivity contribution in [2.75, 3.05) is 13.2 Å². The summed E-state index contributed by atoms with van der Waals surface area (Å²) < 4.78 is 22.5. The average Bonchev–Trinajstić information content (AvgIpc) is 2.64. The quantitative estimate of drug-likeness (QED) is 0.105. The molecule has 0 aromatic rings. The van der Waals surface area contributed by atoms with Gasteiger partial charge in [0.15, 0.2) is 0 Å². The molecule has 0 bridgehead atoms. The van der Waals surface area contributed by atoms with Gasteiger partial charge in [-0.15, -0.1) is 0 Å².